The van der Waals surface area contributed by atoms with Crippen LogP contribution in [0.3, 0.4) is 0 Å². The molecule has 0 bridgehead atoms. The summed E-state index contributed by atoms with van der Waals surface area (Å²) in [6.07, 6.45) is -4.49. The van der Waals surface area contributed by atoms with E-state index in [-0.39, 0.29) is 10.0 Å². The monoisotopic (exact) mass is 408 g/mol. The first-order chi connectivity index (χ1) is 7.27. The fraction of sp³-hybridized carbons (Fsp3) is 0.222. The summed E-state index contributed by atoms with van der Waals surface area (Å²) in [5, 5.41) is 0. The second-order valence-electron chi connectivity index (χ2n) is 2.81. The van der Waals surface area contributed by atoms with Crippen LogP contribution >= 0.6 is 38.5 Å². The number of benzene rings is 1. The minimum Gasteiger partial charge on any atom is -0.465 e. The van der Waals surface area contributed by atoms with Crippen LogP contribution in [0.2, 0.25) is 0 Å². The second kappa shape index (κ2) is 4.91. The highest BCUT2D eigenvalue weighted by molar-refractivity contribution is 14.1. The maximum atomic E-state index is 12.5. The molecule has 0 spiro atoms. The van der Waals surface area contributed by atoms with Crippen LogP contribution in [0.1, 0.15) is 15.9 Å². The van der Waals surface area contributed by atoms with E-state index in [9.17, 15) is 18.0 Å². The van der Waals surface area contributed by atoms with Crippen molar-refractivity contribution in [1.29, 1.82) is 0 Å². The van der Waals surface area contributed by atoms with E-state index in [0.717, 1.165) is 19.2 Å². The predicted octanol–water partition coefficient (Wildman–Crippen LogP) is 3.86. The molecule has 0 fully saturated rings. The van der Waals surface area contributed by atoms with Gasteiger partial charge in [0.2, 0.25) is 0 Å². The van der Waals surface area contributed by atoms with Crippen LogP contribution in [0, 0.1) is 3.57 Å². The van der Waals surface area contributed by atoms with Crippen molar-refractivity contribution in [2.24, 2.45) is 0 Å². The quantitative estimate of drug-likeness (QED) is 0.521. The molecule has 0 aliphatic rings. The first kappa shape index (κ1) is 13.8. The summed E-state index contributed by atoms with van der Waals surface area (Å²) in [6, 6.07) is 1.70. The first-order valence-corrected chi connectivity index (χ1v) is 5.79. The van der Waals surface area contributed by atoms with E-state index in [4.69, 9.17) is 0 Å². The maximum Gasteiger partial charge on any atom is 0.416 e. The molecule has 0 N–H and O–H groups in total. The fourth-order valence-corrected chi connectivity index (χ4v) is 2.00. The lowest BCUT2D eigenvalue weighted by Gasteiger charge is -2.11. The van der Waals surface area contributed by atoms with Gasteiger partial charge < -0.3 is 4.74 Å². The van der Waals surface area contributed by atoms with Gasteiger partial charge in [-0.2, -0.15) is 13.2 Å². The first-order valence-electron chi connectivity index (χ1n) is 3.92. The average molecular weight is 409 g/mol. The summed E-state index contributed by atoms with van der Waals surface area (Å²) in [5.41, 5.74) is -0.995. The van der Waals surface area contributed by atoms with Gasteiger partial charge in [-0.05, 0) is 50.7 Å². The summed E-state index contributed by atoms with van der Waals surface area (Å²) in [4.78, 5) is 11.3. The Morgan fingerprint density at radius 1 is 1.44 bits per heavy atom. The molecule has 0 saturated carbocycles. The van der Waals surface area contributed by atoms with Crippen LogP contribution in [-0.4, -0.2) is 13.1 Å². The van der Waals surface area contributed by atoms with Gasteiger partial charge in [0, 0.05) is 8.04 Å². The topological polar surface area (TPSA) is 26.3 Å². The molecular weight excluding hydrogens is 404 g/mol. The minimum atomic E-state index is -4.49. The van der Waals surface area contributed by atoms with Gasteiger partial charge in [-0.25, -0.2) is 4.79 Å². The summed E-state index contributed by atoms with van der Waals surface area (Å²) in [7, 11) is 1.12. The number of carbonyl (C=O) groups excluding carboxylic acids is 1. The number of ether oxygens (including phenoxy) is 1. The summed E-state index contributed by atoms with van der Waals surface area (Å²) < 4.78 is 42.4. The number of methoxy groups -OCH3 is 1. The average Bonchev–Trinajstić information content (AvgIpc) is 2.19. The van der Waals surface area contributed by atoms with Crippen LogP contribution in [-0.2, 0) is 10.9 Å². The third-order valence-electron chi connectivity index (χ3n) is 1.76. The third-order valence-corrected chi connectivity index (χ3v) is 4.29. The van der Waals surface area contributed by atoms with Crippen LogP contribution in [0.4, 0.5) is 13.2 Å². The van der Waals surface area contributed by atoms with E-state index < -0.39 is 17.7 Å². The Kier molecular flexibility index (Phi) is 4.22. The van der Waals surface area contributed by atoms with Crippen molar-refractivity contribution in [1.82, 2.24) is 0 Å². The molecule has 1 aromatic rings. The Bertz CT molecular complexity index is 431. The lowest BCUT2D eigenvalue weighted by molar-refractivity contribution is -0.137. The number of hydrogen-bond acceptors (Lipinski definition) is 2. The molecule has 7 heteroatoms. The van der Waals surface area contributed by atoms with Crippen LogP contribution < -0.4 is 0 Å². The van der Waals surface area contributed by atoms with Crippen LogP contribution in [0.5, 0.6) is 0 Å². The van der Waals surface area contributed by atoms with Gasteiger partial charge in [0.05, 0.1) is 18.2 Å². The van der Waals surface area contributed by atoms with Crippen LogP contribution in [0.15, 0.2) is 16.6 Å². The van der Waals surface area contributed by atoms with Crippen molar-refractivity contribution in [3.63, 3.8) is 0 Å². The van der Waals surface area contributed by atoms with E-state index in [1.807, 2.05) is 0 Å². The standard InChI is InChI=1S/C9H5BrF3IO2/c1-16-8(15)5-2-4(9(11,12)13)3-6(10)7(5)14/h2-3H,1H3. The van der Waals surface area contributed by atoms with E-state index in [1.54, 1.807) is 22.6 Å². The molecule has 0 radical (unpaired) electrons. The van der Waals surface area contributed by atoms with E-state index in [2.05, 4.69) is 20.7 Å². The molecule has 2 nitrogen and oxygen atoms in total. The molecule has 1 aromatic carbocycles. The molecule has 0 unspecified atom stereocenters. The van der Waals surface area contributed by atoms with Gasteiger partial charge in [-0.1, -0.05) is 0 Å². The number of esters is 1. The van der Waals surface area contributed by atoms with Gasteiger partial charge in [0.25, 0.3) is 0 Å². The lowest BCUT2D eigenvalue weighted by Crippen LogP contribution is -2.10. The number of halogens is 5. The van der Waals surface area contributed by atoms with Gasteiger partial charge >= 0.3 is 12.1 Å². The Morgan fingerprint density at radius 3 is 2.44 bits per heavy atom. The Hall–Kier alpha value is -0.310. The summed E-state index contributed by atoms with van der Waals surface area (Å²) in [6.45, 7) is 0. The Morgan fingerprint density at radius 2 is 2.00 bits per heavy atom. The third kappa shape index (κ3) is 2.88. The Balaban J connectivity index is 3.39. The molecule has 0 aliphatic carbocycles. The second-order valence-corrected chi connectivity index (χ2v) is 4.74. The Labute approximate surface area is 111 Å². The van der Waals surface area contributed by atoms with Crippen molar-refractivity contribution in [3.8, 4) is 0 Å². The minimum absolute atomic E-state index is 0.107. The number of rotatable bonds is 1. The maximum absolute atomic E-state index is 12.5. The SMILES string of the molecule is COC(=O)c1cc(C(F)(F)F)cc(Br)c1I. The van der Waals surface area contributed by atoms with Crippen molar-refractivity contribution < 1.29 is 22.7 Å². The molecule has 1 rings (SSSR count). The van der Waals surface area contributed by atoms with Gasteiger partial charge in [-0.15, -0.1) is 0 Å². The zero-order valence-electron chi connectivity index (χ0n) is 7.86. The highest BCUT2D eigenvalue weighted by Gasteiger charge is 2.32. The molecule has 0 heterocycles. The van der Waals surface area contributed by atoms with Crippen molar-refractivity contribution in [2.45, 2.75) is 6.18 Å². The van der Waals surface area contributed by atoms with E-state index in [0.29, 0.717) is 3.57 Å². The number of alkyl halides is 3. The largest absolute Gasteiger partial charge is 0.465 e. The molecule has 16 heavy (non-hydrogen) atoms. The molecule has 0 saturated heterocycles. The number of hydrogen-bond donors (Lipinski definition) is 0. The van der Waals surface area contributed by atoms with Gasteiger partial charge in [0.1, 0.15) is 0 Å². The number of carbonyl (C=O) groups is 1. The van der Waals surface area contributed by atoms with E-state index in [1.165, 1.54) is 0 Å². The smallest absolute Gasteiger partial charge is 0.416 e. The molecule has 0 amide bonds. The molecule has 0 aliphatic heterocycles. The lowest BCUT2D eigenvalue weighted by atomic mass is 10.1. The van der Waals surface area contributed by atoms with Crippen LogP contribution in [0.25, 0.3) is 0 Å². The normalized spacial score (nSPS) is 11.4. The molecular formula is C9H5BrF3IO2. The van der Waals surface area contributed by atoms with E-state index >= 15 is 0 Å². The zero-order chi connectivity index (χ0) is 12.5. The molecule has 0 aromatic heterocycles. The predicted molar refractivity (Wildman–Crippen MR) is 63.2 cm³/mol. The highest BCUT2D eigenvalue weighted by Crippen LogP contribution is 2.34. The van der Waals surface area contributed by atoms with Gasteiger partial charge in [0.15, 0.2) is 0 Å². The van der Waals surface area contributed by atoms with Crippen molar-refractivity contribution >= 4 is 44.5 Å². The summed E-state index contributed by atoms with van der Waals surface area (Å²) >= 11 is 4.74. The summed E-state index contributed by atoms with van der Waals surface area (Å²) in [5.74, 6) is -0.795. The van der Waals surface area contributed by atoms with Crippen molar-refractivity contribution in [2.75, 3.05) is 7.11 Å². The molecule has 0 atom stereocenters. The fourth-order valence-electron chi connectivity index (χ4n) is 1.01. The van der Waals surface area contributed by atoms with Gasteiger partial charge in [-0.3, -0.25) is 0 Å². The highest BCUT2D eigenvalue weighted by atomic mass is 127. The zero-order valence-corrected chi connectivity index (χ0v) is 11.6. The van der Waals surface area contributed by atoms with Crippen molar-refractivity contribution in [3.05, 3.63) is 31.3 Å². The molecule has 88 valence electrons.